The van der Waals surface area contributed by atoms with Gasteiger partial charge in [0.1, 0.15) is 5.82 Å². The zero-order valence-electron chi connectivity index (χ0n) is 12.8. The van der Waals surface area contributed by atoms with E-state index < -0.39 is 0 Å². The first-order chi connectivity index (χ1) is 10.3. The predicted molar refractivity (Wildman–Crippen MR) is 82.9 cm³/mol. The Morgan fingerprint density at radius 2 is 2.05 bits per heavy atom. The summed E-state index contributed by atoms with van der Waals surface area (Å²) in [6, 6.07) is 6.35. The van der Waals surface area contributed by atoms with E-state index in [-0.39, 0.29) is 0 Å². The molecule has 5 nitrogen and oxygen atoms in total. The van der Waals surface area contributed by atoms with Crippen LogP contribution in [0.25, 0.3) is 0 Å². The van der Waals surface area contributed by atoms with Crippen LogP contribution in [-0.2, 0) is 6.42 Å². The zero-order valence-corrected chi connectivity index (χ0v) is 12.8. The Morgan fingerprint density at radius 3 is 2.67 bits per heavy atom. The van der Waals surface area contributed by atoms with Crippen molar-refractivity contribution < 1.29 is 9.47 Å². The summed E-state index contributed by atoms with van der Waals surface area (Å²) in [7, 11) is 3.31. The first-order valence-corrected chi connectivity index (χ1v) is 7.22. The second kappa shape index (κ2) is 7.69. The maximum absolute atomic E-state index is 5.37. The van der Waals surface area contributed by atoms with Crippen molar-refractivity contribution in [1.82, 2.24) is 15.3 Å². The lowest BCUT2D eigenvalue weighted by Crippen LogP contribution is -2.23. The third-order valence-electron chi connectivity index (χ3n) is 3.53. The van der Waals surface area contributed by atoms with Gasteiger partial charge in [-0.3, -0.25) is 0 Å². The number of nitrogens with one attached hydrogen (secondary N) is 2. The zero-order chi connectivity index (χ0) is 15.1. The highest BCUT2D eigenvalue weighted by atomic mass is 16.5. The van der Waals surface area contributed by atoms with Crippen LogP contribution >= 0.6 is 0 Å². The van der Waals surface area contributed by atoms with E-state index in [2.05, 4.69) is 28.3 Å². The molecule has 5 heteroatoms. The Kier molecular flexibility index (Phi) is 5.63. The Balaban J connectivity index is 1.99. The van der Waals surface area contributed by atoms with E-state index in [1.54, 1.807) is 20.4 Å². The van der Waals surface area contributed by atoms with Crippen molar-refractivity contribution in [2.75, 3.05) is 20.8 Å². The second-order valence-corrected chi connectivity index (χ2v) is 4.82. The molecule has 2 N–H and O–H groups in total. The van der Waals surface area contributed by atoms with Crippen molar-refractivity contribution in [2.45, 2.75) is 25.8 Å². The van der Waals surface area contributed by atoms with E-state index >= 15 is 0 Å². The van der Waals surface area contributed by atoms with Gasteiger partial charge >= 0.3 is 0 Å². The van der Waals surface area contributed by atoms with Gasteiger partial charge in [0.25, 0.3) is 0 Å². The molecule has 2 aromatic rings. The largest absolute Gasteiger partial charge is 0.493 e. The van der Waals surface area contributed by atoms with Gasteiger partial charge in [-0.05, 0) is 24.1 Å². The lowest BCUT2D eigenvalue weighted by atomic mass is 10.0. The summed E-state index contributed by atoms with van der Waals surface area (Å²) in [6.45, 7) is 3.04. The minimum Gasteiger partial charge on any atom is -0.493 e. The fourth-order valence-electron chi connectivity index (χ4n) is 2.37. The average Bonchev–Trinajstić information content (AvgIpc) is 3.04. The lowest BCUT2D eigenvalue weighted by molar-refractivity contribution is 0.353. The molecule has 0 saturated carbocycles. The summed E-state index contributed by atoms with van der Waals surface area (Å²) in [5.74, 6) is 2.53. The summed E-state index contributed by atoms with van der Waals surface area (Å²) in [6.07, 6.45) is 5.52. The van der Waals surface area contributed by atoms with Gasteiger partial charge in [0.05, 0.1) is 14.2 Å². The highest BCUT2D eigenvalue weighted by Gasteiger charge is 2.12. The summed E-state index contributed by atoms with van der Waals surface area (Å²) in [5.41, 5.74) is 1.20. The first kappa shape index (κ1) is 15.4. The van der Waals surface area contributed by atoms with Crippen LogP contribution in [0.5, 0.6) is 11.5 Å². The van der Waals surface area contributed by atoms with Crippen LogP contribution in [0.3, 0.4) is 0 Å². The summed E-state index contributed by atoms with van der Waals surface area (Å²) in [4.78, 5) is 7.34. The van der Waals surface area contributed by atoms with Crippen LogP contribution in [0.1, 0.15) is 30.8 Å². The average molecular weight is 289 g/mol. The Labute approximate surface area is 125 Å². The monoisotopic (exact) mass is 289 g/mol. The molecular formula is C16H23N3O2. The number of methoxy groups -OCH3 is 2. The number of aromatic nitrogens is 2. The number of aromatic amines is 1. The van der Waals surface area contributed by atoms with Gasteiger partial charge in [0.15, 0.2) is 11.5 Å². The molecule has 0 aliphatic carbocycles. The molecule has 0 spiro atoms. The first-order valence-electron chi connectivity index (χ1n) is 7.22. The van der Waals surface area contributed by atoms with Crippen molar-refractivity contribution in [3.8, 4) is 11.5 Å². The second-order valence-electron chi connectivity index (χ2n) is 4.82. The number of H-pyrrole nitrogens is 1. The van der Waals surface area contributed by atoms with Gasteiger partial charge in [-0.15, -0.1) is 0 Å². The smallest absolute Gasteiger partial charge is 0.161 e. The molecule has 1 atom stereocenters. The van der Waals surface area contributed by atoms with E-state index in [9.17, 15) is 0 Å². The molecule has 1 aromatic heterocycles. The van der Waals surface area contributed by atoms with Crippen LogP contribution < -0.4 is 14.8 Å². The van der Waals surface area contributed by atoms with Crippen molar-refractivity contribution in [3.05, 3.63) is 42.0 Å². The number of benzene rings is 1. The van der Waals surface area contributed by atoms with Crippen molar-refractivity contribution in [3.63, 3.8) is 0 Å². The normalized spacial score (nSPS) is 12.1. The molecule has 0 fully saturated rings. The standard InChI is InChI=1S/C16H23N3O2/c1-4-13(17-8-7-16-18-9-10-19-16)12-5-6-14(20-2)15(11-12)21-3/h5-6,9-11,13,17H,4,7-8H2,1-3H3,(H,18,19). The molecule has 0 saturated heterocycles. The fraction of sp³-hybridized carbons (Fsp3) is 0.438. The molecule has 1 aromatic carbocycles. The Morgan fingerprint density at radius 1 is 1.24 bits per heavy atom. The van der Waals surface area contributed by atoms with E-state index in [1.165, 1.54) is 5.56 Å². The van der Waals surface area contributed by atoms with E-state index in [1.807, 2.05) is 18.3 Å². The lowest BCUT2D eigenvalue weighted by Gasteiger charge is -2.19. The minimum absolute atomic E-state index is 0.291. The van der Waals surface area contributed by atoms with Crippen LogP contribution in [0.15, 0.2) is 30.6 Å². The molecule has 21 heavy (non-hydrogen) atoms. The van der Waals surface area contributed by atoms with Crippen molar-refractivity contribution >= 4 is 0 Å². The van der Waals surface area contributed by atoms with E-state index in [4.69, 9.17) is 9.47 Å². The van der Waals surface area contributed by atoms with Crippen LogP contribution in [-0.4, -0.2) is 30.7 Å². The summed E-state index contributed by atoms with van der Waals surface area (Å²) >= 11 is 0. The third kappa shape index (κ3) is 3.98. The van der Waals surface area contributed by atoms with Crippen LogP contribution in [0, 0.1) is 0 Å². The SMILES string of the molecule is CCC(NCCc1ncc[nH]1)c1ccc(OC)c(OC)c1. The Hall–Kier alpha value is -2.01. The number of hydrogen-bond donors (Lipinski definition) is 2. The van der Waals surface area contributed by atoms with Gasteiger partial charge in [0.2, 0.25) is 0 Å². The number of imidazole rings is 1. The highest BCUT2D eigenvalue weighted by molar-refractivity contribution is 5.43. The topological polar surface area (TPSA) is 59.2 Å². The van der Waals surface area contributed by atoms with Gasteiger partial charge < -0.3 is 19.8 Å². The van der Waals surface area contributed by atoms with Crippen LogP contribution in [0.4, 0.5) is 0 Å². The number of nitrogens with zero attached hydrogens (tertiary/aromatic N) is 1. The molecule has 0 amide bonds. The predicted octanol–water partition coefficient (Wildman–Crippen LogP) is 2.71. The maximum Gasteiger partial charge on any atom is 0.161 e. The van der Waals surface area contributed by atoms with Gasteiger partial charge in [-0.25, -0.2) is 4.98 Å². The minimum atomic E-state index is 0.291. The molecule has 1 heterocycles. The van der Waals surface area contributed by atoms with Gasteiger partial charge in [-0.1, -0.05) is 13.0 Å². The third-order valence-corrected chi connectivity index (χ3v) is 3.53. The quantitative estimate of drug-likeness (QED) is 0.784. The van der Waals surface area contributed by atoms with Crippen molar-refractivity contribution in [2.24, 2.45) is 0 Å². The van der Waals surface area contributed by atoms with Crippen LogP contribution in [0.2, 0.25) is 0 Å². The molecule has 0 aliphatic heterocycles. The summed E-state index contributed by atoms with van der Waals surface area (Å²) < 4.78 is 10.6. The number of ether oxygens (including phenoxy) is 2. The molecule has 0 radical (unpaired) electrons. The number of rotatable bonds is 8. The molecular weight excluding hydrogens is 266 g/mol. The molecule has 2 rings (SSSR count). The van der Waals surface area contributed by atoms with Gasteiger partial charge in [0, 0.05) is 31.4 Å². The van der Waals surface area contributed by atoms with E-state index in [0.29, 0.717) is 6.04 Å². The number of hydrogen-bond acceptors (Lipinski definition) is 4. The molecule has 1 unspecified atom stereocenters. The molecule has 0 aliphatic rings. The highest BCUT2D eigenvalue weighted by Crippen LogP contribution is 2.30. The maximum atomic E-state index is 5.37. The molecule has 0 bridgehead atoms. The Bertz CT molecular complexity index is 540. The fourth-order valence-corrected chi connectivity index (χ4v) is 2.37. The summed E-state index contributed by atoms with van der Waals surface area (Å²) in [5, 5.41) is 3.56. The van der Waals surface area contributed by atoms with Gasteiger partial charge in [-0.2, -0.15) is 0 Å². The van der Waals surface area contributed by atoms with Crippen molar-refractivity contribution in [1.29, 1.82) is 0 Å². The molecule has 114 valence electrons. The van der Waals surface area contributed by atoms with E-state index in [0.717, 1.165) is 36.7 Å².